The summed E-state index contributed by atoms with van der Waals surface area (Å²) < 4.78 is 5.35. The number of anilines is 2. The van der Waals surface area contributed by atoms with Crippen molar-refractivity contribution in [2.24, 2.45) is 0 Å². The van der Waals surface area contributed by atoms with Crippen molar-refractivity contribution < 1.29 is 4.74 Å². The largest absolute Gasteiger partial charge is 0.496 e. The van der Waals surface area contributed by atoms with Crippen LogP contribution in [0, 0.1) is 0 Å². The number of hydrogen-bond acceptors (Lipinski definition) is 6. The van der Waals surface area contributed by atoms with Gasteiger partial charge in [-0.05, 0) is 30.2 Å². The highest BCUT2D eigenvalue weighted by atomic mass is 35.5. The van der Waals surface area contributed by atoms with Gasteiger partial charge in [0.25, 0.3) is 0 Å². The second-order valence-electron chi connectivity index (χ2n) is 5.64. The van der Waals surface area contributed by atoms with Crippen molar-refractivity contribution >= 4 is 23.4 Å². The number of nitrogens with one attached hydrogen (secondary N) is 2. The molecule has 134 valence electrons. The summed E-state index contributed by atoms with van der Waals surface area (Å²) in [6.07, 6.45) is 2.42. The van der Waals surface area contributed by atoms with Gasteiger partial charge in [-0.3, -0.25) is 0 Å². The molecule has 0 atom stereocenters. The number of para-hydroxylation sites is 1. The molecule has 0 radical (unpaired) electrons. The molecule has 3 aromatic rings. The first kappa shape index (κ1) is 17.9. The molecule has 0 aliphatic rings. The van der Waals surface area contributed by atoms with E-state index in [0.717, 1.165) is 28.3 Å². The zero-order valence-electron chi connectivity index (χ0n) is 14.4. The number of ether oxygens (including phenoxy) is 1. The van der Waals surface area contributed by atoms with E-state index in [1.807, 2.05) is 48.5 Å². The second kappa shape index (κ2) is 9.01. The molecule has 0 spiro atoms. The van der Waals surface area contributed by atoms with E-state index < -0.39 is 0 Å². The van der Waals surface area contributed by atoms with Gasteiger partial charge in [-0.2, -0.15) is 10.1 Å². The molecule has 1 heterocycles. The van der Waals surface area contributed by atoms with E-state index in [4.69, 9.17) is 16.3 Å². The molecular formula is C19H20ClN5O. The zero-order valence-corrected chi connectivity index (χ0v) is 15.2. The maximum atomic E-state index is 6.00. The van der Waals surface area contributed by atoms with Gasteiger partial charge in [-0.1, -0.05) is 41.9 Å². The van der Waals surface area contributed by atoms with E-state index in [1.165, 1.54) is 0 Å². The predicted molar refractivity (Wildman–Crippen MR) is 104 cm³/mol. The van der Waals surface area contributed by atoms with Crippen LogP contribution < -0.4 is 15.4 Å². The average molecular weight is 370 g/mol. The summed E-state index contributed by atoms with van der Waals surface area (Å²) in [6, 6.07) is 15.6. The van der Waals surface area contributed by atoms with Gasteiger partial charge in [0.1, 0.15) is 5.75 Å². The quantitative estimate of drug-likeness (QED) is 0.629. The van der Waals surface area contributed by atoms with Crippen LogP contribution in [0.1, 0.15) is 11.1 Å². The Morgan fingerprint density at radius 1 is 1.08 bits per heavy atom. The fourth-order valence-corrected chi connectivity index (χ4v) is 2.72. The van der Waals surface area contributed by atoms with Crippen molar-refractivity contribution in [3.63, 3.8) is 0 Å². The molecule has 0 aliphatic heterocycles. The van der Waals surface area contributed by atoms with E-state index >= 15 is 0 Å². The molecule has 7 heteroatoms. The number of halogens is 1. The fourth-order valence-electron chi connectivity index (χ4n) is 2.51. The normalized spacial score (nSPS) is 10.4. The van der Waals surface area contributed by atoms with Crippen molar-refractivity contribution in [3.8, 4) is 5.75 Å². The monoisotopic (exact) mass is 369 g/mol. The standard InChI is InChI=1S/C19H20ClN5O/c1-26-17-8-3-2-6-15(17)12-22-18-13-23-25-19(24-18)21-10-9-14-5-4-7-16(20)11-14/h2-8,11,13H,9-10,12H2,1H3,(H2,21,22,24,25). The molecule has 26 heavy (non-hydrogen) atoms. The summed E-state index contributed by atoms with van der Waals surface area (Å²) >= 11 is 6.00. The first-order valence-electron chi connectivity index (χ1n) is 8.28. The molecule has 2 aromatic carbocycles. The maximum Gasteiger partial charge on any atom is 0.244 e. The van der Waals surface area contributed by atoms with E-state index in [-0.39, 0.29) is 0 Å². The van der Waals surface area contributed by atoms with Crippen LogP contribution in [0.25, 0.3) is 0 Å². The van der Waals surface area contributed by atoms with Crippen LogP contribution in [0.3, 0.4) is 0 Å². The Labute approximate surface area is 157 Å². The van der Waals surface area contributed by atoms with Crippen molar-refractivity contribution in [1.29, 1.82) is 0 Å². The van der Waals surface area contributed by atoms with Crippen LogP contribution in [-0.4, -0.2) is 28.8 Å². The van der Waals surface area contributed by atoms with Gasteiger partial charge in [-0.15, -0.1) is 5.10 Å². The maximum absolute atomic E-state index is 6.00. The van der Waals surface area contributed by atoms with Gasteiger partial charge >= 0.3 is 0 Å². The lowest BCUT2D eigenvalue weighted by Gasteiger charge is -2.10. The van der Waals surface area contributed by atoms with Crippen LogP contribution in [-0.2, 0) is 13.0 Å². The summed E-state index contributed by atoms with van der Waals surface area (Å²) in [4.78, 5) is 4.43. The minimum atomic E-state index is 0.483. The van der Waals surface area contributed by atoms with E-state index in [1.54, 1.807) is 13.3 Å². The number of hydrogen-bond donors (Lipinski definition) is 2. The van der Waals surface area contributed by atoms with Crippen LogP contribution in [0.4, 0.5) is 11.8 Å². The molecule has 0 aliphatic carbocycles. The lowest BCUT2D eigenvalue weighted by molar-refractivity contribution is 0.410. The van der Waals surface area contributed by atoms with Gasteiger partial charge in [0.15, 0.2) is 5.82 Å². The summed E-state index contributed by atoms with van der Waals surface area (Å²) in [5, 5.41) is 15.2. The van der Waals surface area contributed by atoms with Crippen molar-refractivity contribution in [2.45, 2.75) is 13.0 Å². The topological polar surface area (TPSA) is 72.0 Å². The van der Waals surface area contributed by atoms with Gasteiger partial charge in [0.2, 0.25) is 5.95 Å². The molecule has 0 saturated carbocycles. The van der Waals surface area contributed by atoms with Crippen LogP contribution >= 0.6 is 11.6 Å². The van der Waals surface area contributed by atoms with Gasteiger partial charge in [0.05, 0.1) is 13.3 Å². The van der Waals surface area contributed by atoms with Crippen LogP contribution in [0.2, 0.25) is 5.02 Å². The van der Waals surface area contributed by atoms with Crippen molar-refractivity contribution in [2.75, 3.05) is 24.3 Å². The summed E-state index contributed by atoms with van der Waals surface area (Å²) in [6.45, 7) is 1.28. The SMILES string of the molecule is COc1ccccc1CNc1cnnc(NCCc2cccc(Cl)c2)n1. The third-order valence-corrected chi connectivity index (χ3v) is 4.03. The van der Waals surface area contributed by atoms with Crippen molar-refractivity contribution in [1.82, 2.24) is 15.2 Å². The molecule has 2 N–H and O–H groups in total. The molecule has 0 amide bonds. The highest BCUT2D eigenvalue weighted by Crippen LogP contribution is 2.18. The zero-order chi connectivity index (χ0) is 18.2. The number of methoxy groups -OCH3 is 1. The Morgan fingerprint density at radius 3 is 2.81 bits per heavy atom. The molecule has 0 unspecified atom stereocenters. The molecule has 6 nitrogen and oxygen atoms in total. The molecule has 1 aromatic heterocycles. The number of rotatable bonds is 8. The van der Waals surface area contributed by atoms with E-state index in [0.29, 0.717) is 24.9 Å². The second-order valence-corrected chi connectivity index (χ2v) is 6.07. The summed E-state index contributed by atoms with van der Waals surface area (Å²) in [5.74, 6) is 1.97. The van der Waals surface area contributed by atoms with Crippen LogP contribution in [0.15, 0.2) is 54.7 Å². The smallest absolute Gasteiger partial charge is 0.244 e. The molecular weight excluding hydrogens is 350 g/mol. The highest BCUT2D eigenvalue weighted by molar-refractivity contribution is 6.30. The number of nitrogens with zero attached hydrogens (tertiary/aromatic N) is 3. The van der Waals surface area contributed by atoms with Gasteiger partial charge in [-0.25, -0.2) is 0 Å². The Bertz CT molecular complexity index is 859. The Hall–Kier alpha value is -2.86. The Kier molecular flexibility index (Phi) is 6.22. The first-order valence-corrected chi connectivity index (χ1v) is 8.66. The Balaban J connectivity index is 1.54. The van der Waals surface area contributed by atoms with E-state index in [2.05, 4.69) is 25.8 Å². The Morgan fingerprint density at radius 2 is 1.96 bits per heavy atom. The van der Waals surface area contributed by atoms with Gasteiger partial charge in [0, 0.05) is 23.7 Å². The van der Waals surface area contributed by atoms with E-state index in [9.17, 15) is 0 Å². The first-order chi connectivity index (χ1) is 12.7. The van der Waals surface area contributed by atoms with Crippen molar-refractivity contribution in [3.05, 3.63) is 70.9 Å². The molecule has 0 saturated heterocycles. The lowest BCUT2D eigenvalue weighted by atomic mass is 10.1. The molecule has 0 bridgehead atoms. The summed E-state index contributed by atoms with van der Waals surface area (Å²) in [5.41, 5.74) is 2.20. The molecule has 0 fully saturated rings. The average Bonchev–Trinajstić information content (AvgIpc) is 2.67. The summed E-state index contributed by atoms with van der Waals surface area (Å²) in [7, 11) is 1.66. The fraction of sp³-hybridized carbons (Fsp3) is 0.211. The molecule has 3 rings (SSSR count). The third kappa shape index (κ3) is 5.07. The number of aromatic nitrogens is 3. The van der Waals surface area contributed by atoms with Gasteiger partial charge < -0.3 is 15.4 Å². The number of benzene rings is 2. The lowest BCUT2D eigenvalue weighted by Crippen LogP contribution is -2.11. The van der Waals surface area contributed by atoms with Crippen LogP contribution in [0.5, 0.6) is 5.75 Å². The highest BCUT2D eigenvalue weighted by Gasteiger charge is 2.04. The minimum absolute atomic E-state index is 0.483. The minimum Gasteiger partial charge on any atom is -0.496 e. The predicted octanol–water partition coefficient (Wildman–Crippen LogP) is 3.80. The third-order valence-electron chi connectivity index (χ3n) is 3.80.